The summed E-state index contributed by atoms with van der Waals surface area (Å²) in [5.41, 5.74) is -0.983. The number of hydrogen-bond donors (Lipinski definition) is 1. The van der Waals surface area contributed by atoms with Crippen LogP contribution in [0, 0.1) is 23.3 Å². The normalized spacial score (nSPS) is 10.6. The number of carboxylic acid groups (broad SMARTS) is 1. The molecule has 0 aromatic heterocycles. The van der Waals surface area contributed by atoms with Crippen LogP contribution in [-0.4, -0.2) is 11.1 Å². The van der Waals surface area contributed by atoms with Crippen molar-refractivity contribution >= 4 is 5.97 Å². The van der Waals surface area contributed by atoms with Gasteiger partial charge >= 0.3 is 5.97 Å². The number of carboxylic acids is 1. The molecule has 0 bridgehead atoms. The molecule has 2 aromatic carbocycles. The van der Waals surface area contributed by atoms with E-state index in [9.17, 15) is 22.4 Å². The van der Waals surface area contributed by atoms with E-state index in [0.29, 0.717) is 6.07 Å². The predicted molar refractivity (Wildman–Crippen MR) is 63.0 cm³/mol. The standard InChI is InChI=1S/C14H8F4O2/c15-9-1-7(2-10(16)5-9)12-6-11(17)3-8(14(12)18)4-13(19)20/h1-3,5-6H,4H2,(H,19,20). The number of aliphatic carboxylic acids is 1. The summed E-state index contributed by atoms with van der Waals surface area (Å²) in [7, 11) is 0. The van der Waals surface area contributed by atoms with Gasteiger partial charge in [0.2, 0.25) is 0 Å². The molecule has 0 fully saturated rings. The van der Waals surface area contributed by atoms with Crippen LogP contribution in [0.4, 0.5) is 17.6 Å². The summed E-state index contributed by atoms with van der Waals surface area (Å²) in [5, 5.41) is 8.62. The molecular formula is C14H8F4O2. The molecule has 0 heterocycles. The van der Waals surface area contributed by atoms with Crippen molar-refractivity contribution in [2.24, 2.45) is 0 Å². The highest BCUT2D eigenvalue weighted by Crippen LogP contribution is 2.28. The van der Waals surface area contributed by atoms with Crippen molar-refractivity contribution in [1.29, 1.82) is 0 Å². The number of rotatable bonds is 3. The minimum atomic E-state index is -1.34. The molecule has 0 saturated heterocycles. The number of carbonyl (C=O) groups is 1. The summed E-state index contributed by atoms with van der Waals surface area (Å²) >= 11 is 0. The lowest BCUT2D eigenvalue weighted by molar-refractivity contribution is -0.136. The van der Waals surface area contributed by atoms with Crippen molar-refractivity contribution in [1.82, 2.24) is 0 Å². The fourth-order valence-electron chi connectivity index (χ4n) is 1.86. The van der Waals surface area contributed by atoms with E-state index in [0.717, 1.165) is 24.3 Å². The zero-order valence-corrected chi connectivity index (χ0v) is 9.96. The van der Waals surface area contributed by atoms with Crippen LogP contribution in [0.25, 0.3) is 11.1 Å². The smallest absolute Gasteiger partial charge is 0.307 e. The maximum atomic E-state index is 14.1. The van der Waals surface area contributed by atoms with Crippen molar-refractivity contribution in [3.63, 3.8) is 0 Å². The highest BCUT2D eigenvalue weighted by Gasteiger charge is 2.16. The van der Waals surface area contributed by atoms with E-state index >= 15 is 0 Å². The Morgan fingerprint density at radius 2 is 1.45 bits per heavy atom. The van der Waals surface area contributed by atoms with E-state index in [1.54, 1.807) is 0 Å². The monoisotopic (exact) mass is 284 g/mol. The van der Waals surface area contributed by atoms with Crippen LogP contribution in [0.15, 0.2) is 30.3 Å². The van der Waals surface area contributed by atoms with Crippen molar-refractivity contribution in [2.45, 2.75) is 6.42 Å². The van der Waals surface area contributed by atoms with E-state index in [4.69, 9.17) is 5.11 Å². The van der Waals surface area contributed by atoms with Gasteiger partial charge in [-0.3, -0.25) is 4.79 Å². The third kappa shape index (κ3) is 2.96. The Labute approximate surface area is 111 Å². The minimum absolute atomic E-state index is 0.203. The minimum Gasteiger partial charge on any atom is -0.481 e. The van der Waals surface area contributed by atoms with Crippen LogP contribution in [-0.2, 0) is 11.2 Å². The molecule has 1 N–H and O–H groups in total. The summed E-state index contributed by atoms with van der Waals surface area (Å²) in [6, 6.07) is 3.77. The highest BCUT2D eigenvalue weighted by atomic mass is 19.1. The zero-order chi connectivity index (χ0) is 14.9. The van der Waals surface area contributed by atoms with Gasteiger partial charge in [-0.15, -0.1) is 0 Å². The summed E-state index contributed by atoms with van der Waals surface area (Å²) in [6.07, 6.45) is -0.728. The average molecular weight is 284 g/mol. The molecule has 2 nitrogen and oxygen atoms in total. The average Bonchev–Trinajstić information content (AvgIpc) is 2.31. The van der Waals surface area contributed by atoms with Gasteiger partial charge in [0.1, 0.15) is 23.3 Å². The lowest BCUT2D eigenvalue weighted by Crippen LogP contribution is -2.04. The SMILES string of the molecule is O=C(O)Cc1cc(F)cc(-c2cc(F)cc(F)c2)c1F. The molecule has 0 radical (unpaired) electrons. The molecule has 0 aliphatic rings. The molecule has 0 amide bonds. The van der Waals surface area contributed by atoms with Crippen LogP contribution < -0.4 is 0 Å². The predicted octanol–water partition coefficient (Wildman–Crippen LogP) is 3.54. The highest BCUT2D eigenvalue weighted by molar-refractivity contribution is 5.72. The van der Waals surface area contributed by atoms with Gasteiger partial charge in [0, 0.05) is 17.2 Å². The Balaban J connectivity index is 2.61. The molecule has 0 aliphatic carbocycles. The molecule has 0 saturated carbocycles. The molecule has 20 heavy (non-hydrogen) atoms. The quantitative estimate of drug-likeness (QED) is 0.875. The second-order valence-corrected chi connectivity index (χ2v) is 4.16. The number of hydrogen-bond acceptors (Lipinski definition) is 1. The molecule has 0 atom stereocenters. The molecule has 0 unspecified atom stereocenters. The molecule has 6 heteroatoms. The first kappa shape index (κ1) is 14.0. The topological polar surface area (TPSA) is 37.3 Å². The molecule has 0 aliphatic heterocycles. The van der Waals surface area contributed by atoms with Gasteiger partial charge < -0.3 is 5.11 Å². The Morgan fingerprint density at radius 3 is 2.00 bits per heavy atom. The third-order valence-electron chi connectivity index (χ3n) is 2.63. The van der Waals surface area contributed by atoms with Gasteiger partial charge in [-0.25, -0.2) is 17.6 Å². The molecule has 0 spiro atoms. The van der Waals surface area contributed by atoms with E-state index in [1.165, 1.54) is 0 Å². The van der Waals surface area contributed by atoms with E-state index in [2.05, 4.69) is 0 Å². The van der Waals surface area contributed by atoms with Gasteiger partial charge in [-0.1, -0.05) is 0 Å². The lowest BCUT2D eigenvalue weighted by atomic mass is 10.00. The second-order valence-electron chi connectivity index (χ2n) is 4.16. The molecule has 2 aromatic rings. The largest absolute Gasteiger partial charge is 0.481 e. The first-order valence-electron chi connectivity index (χ1n) is 5.53. The van der Waals surface area contributed by atoms with Crippen molar-refractivity contribution in [3.05, 3.63) is 59.2 Å². The van der Waals surface area contributed by atoms with Crippen molar-refractivity contribution in [3.8, 4) is 11.1 Å². The maximum absolute atomic E-state index is 14.1. The van der Waals surface area contributed by atoms with Crippen molar-refractivity contribution < 1.29 is 27.5 Å². The van der Waals surface area contributed by atoms with E-state index in [1.807, 2.05) is 0 Å². The van der Waals surface area contributed by atoms with Crippen LogP contribution in [0.1, 0.15) is 5.56 Å². The second kappa shape index (κ2) is 5.32. The van der Waals surface area contributed by atoms with Crippen LogP contribution in [0.5, 0.6) is 0 Å². The van der Waals surface area contributed by atoms with Gasteiger partial charge in [-0.2, -0.15) is 0 Å². The summed E-state index contributed by atoms with van der Waals surface area (Å²) in [4.78, 5) is 10.6. The Hall–Kier alpha value is -2.37. The van der Waals surface area contributed by atoms with Gasteiger partial charge in [-0.05, 0) is 29.8 Å². The molecule has 2 rings (SSSR count). The summed E-state index contributed by atoms with van der Waals surface area (Å²) in [5.74, 6) is -5.13. The Bertz CT molecular complexity index is 663. The van der Waals surface area contributed by atoms with Crippen LogP contribution in [0.2, 0.25) is 0 Å². The van der Waals surface area contributed by atoms with Gasteiger partial charge in [0.05, 0.1) is 6.42 Å². The third-order valence-corrected chi connectivity index (χ3v) is 2.63. The van der Waals surface area contributed by atoms with Gasteiger partial charge in [0.15, 0.2) is 0 Å². The van der Waals surface area contributed by atoms with Crippen molar-refractivity contribution in [2.75, 3.05) is 0 Å². The van der Waals surface area contributed by atoms with E-state index in [-0.39, 0.29) is 11.1 Å². The number of halogens is 4. The van der Waals surface area contributed by atoms with Gasteiger partial charge in [0.25, 0.3) is 0 Å². The summed E-state index contributed by atoms with van der Waals surface area (Å²) in [6.45, 7) is 0. The first-order valence-corrected chi connectivity index (χ1v) is 5.53. The Morgan fingerprint density at radius 1 is 0.900 bits per heavy atom. The molecular weight excluding hydrogens is 276 g/mol. The maximum Gasteiger partial charge on any atom is 0.307 e. The number of benzene rings is 2. The fourth-order valence-corrected chi connectivity index (χ4v) is 1.86. The Kier molecular flexibility index (Phi) is 3.74. The van der Waals surface area contributed by atoms with Crippen LogP contribution >= 0.6 is 0 Å². The summed E-state index contributed by atoms with van der Waals surface area (Å²) < 4.78 is 53.7. The molecule has 104 valence electrons. The lowest BCUT2D eigenvalue weighted by Gasteiger charge is -2.08. The van der Waals surface area contributed by atoms with E-state index < -0.39 is 41.2 Å². The fraction of sp³-hybridized carbons (Fsp3) is 0.0714. The zero-order valence-electron chi connectivity index (χ0n) is 9.96. The first-order chi connectivity index (χ1) is 9.36. The van der Waals surface area contributed by atoms with Crippen LogP contribution in [0.3, 0.4) is 0 Å².